The normalized spacial score (nSPS) is 20.4. The van der Waals surface area contributed by atoms with Crippen molar-refractivity contribution in [2.75, 3.05) is 0 Å². The molecule has 0 aliphatic carbocycles. The van der Waals surface area contributed by atoms with E-state index < -0.39 is 11.6 Å². The predicted molar refractivity (Wildman–Crippen MR) is 107 cm³/mol. The highest BCUT2D eigenvalue weighted by Crippen LogP contribution is 2.23. The summed E-state index contributed by atoms with van der Waals surface area (Å²) >= 11 is 6.14. The second-order valence-corrected chi connectivity index (χ2v) is 6.99. The average Bonchev–Trinajstić information content (AvgIpc) is 2.89. The van der Waals surface area contributed by atoms with Crippen LogP contribution in [-0.2, 0) is 11.2 Å². The quantitative estimate of drug-likeness (QED) is 0.602. The number of hydrogen-bond acceptors (Lipinski definition) is 3. The van der Waals surface area contributed by atoms with E-state index in [-0.39, 0.29) is 5.91 Å². The van der Waals surface area contributed by atoms with Gasteiger partial charge in [-0.3, -0.25) is 4.79 Å². The first-order valence-corrected chi connectivity index (χ1v) is 9.03. The van der Waals surface area contributed by atoms with E-state index in [0.29, 0.717) is 17.9 Å². The minimum absolute atomic E-state index is 0.319. The van der Waals surface area contributed by atoms with Crippen molar-refractivity contribution in [3.8, 4) is 0 Å². The van der Waals surface area contributed by atoms with Crippen LogP contribution in [0.25, 0.3) is 6.08 Å². The fourth-order valence-corrected chi connectivity index (χ4v) is 3.01. The molecule has 0 saturated carbocycles. The Labute approximate surface area is 163 Å². The van der Waals surface area contributed by atoms with E-state index in [2.05, 4.69) is 10.4 Å². The summed E-state index contributed by atoms with van der Waals surface area (Å²) in [6.45, 7) is 1.72. The summed E-state index contributed by atoms with van der Waals surface area (Å²) < 4.78 is 0. The summed E-state index contributed by atoms with van der Waals surface area (Å²) in [5.74, 6) is -0.385. The molecule has 1 heterocycles. The highest BCUT2D eigenvalue weighted by atomic mass is 35.5. The maximum Gasteiger partial charge on any atom is 0.346 e. The molecule has 27 heavy (non-hydrogen) atoms. The first-order valence-electron chi connectivity index (χ1n) is 8.65. The summed E-state index contributed by atoms with van der Waals surface area (Å²) in [6, 6.07) is 18.8. The largest absolute Gasteiger partial charge is 0.346 e. The van der Waals surface area contributed by atoms with Gasteiger partial charge in [0.2, 0.25) is 0 Å². The lowest BCUT2D eigenvalue weighted by Crippen LogP contribution is -2.44. The molecule has 6 heteroatoms. The standard InChI is InChI=1S/C21H20ClN3O2/c1-21(13-12-16-8-4-2-5-9-16)19(26)25(20(27)24-21)23-15-18(22)14-17-10-6-3-7-11-17/h2-11,14-15H,12-13H2,1H3,(H,24,27)/b18-14-,23-15?/t21-/m0/s1. The summed E-state index contributed by atoms with van der Waals surface area (Å²) in [5.41, 5.74) is 1.02. The highest BCUT2D eigenvalue weighted by Gasteiger charge is 2.47. The third-order valence-electron chi connectivity index (χ3n) is 4.40. The first kappa shape index (κ1) is 18.9. The van der Waals surface area contributed by atoms with Crippen LogP contribution in [0.15, 0.2) is 70.8 Å². The molecular weight excluding hydrogens is 362 g/mol. The molecule has 0 spiro atoms. The molecule has 1 saturated heterocycles. The van der Waals surface area contributed by atoms with E-state index in [9.17, 15) is 9.59 Å². The number of aryl methyl sites for hydroxylation is 1. The molecule has 2 aromatic rings. The van der Waals surface area contributed by atoms with Crippen molar-refractivity contribution in [1.82, 2.24) is 10.3 Å². The Morgan fingerprint density at radius 3 is 2.41 bits per heavy atom. The Morgan fingerprint density at radius 2 is 1.74 bits per heavy atom. The fraction of sp³-hybridized carbons (Fsp3) is 0.190. The molecule has 0 radical (unpaired) electrons. The van der Waals surface area contributed by atoms with Gasteiger partial charge in [0.25, 0.3) is 5.91 Å². The number of halogens is 1. The van der Waals surface area contributed by atoms with Crippen LogP contribution < -0.4 is 5.32 Å². The monoisotopic (exact) mass is 381 g/mol. The lowest BCUT2D eigenvalue weighted by atomic mass is 9.93. The highest BCUT2D eigenvalue weighted by molar-refractivity contribution is 6.41. The van der Waals surface area contributed by atoms with E-state index in [1.54, 1.807) is 13.0 Å². The SMILES string of the molecule is C[C@@]1(CCc2ccccc2)NC(=O)N(N=C/C(Cl)=C/c2ccccc2)C1=O. The molecule has 0 unspecified atom stereocenters. The molecule has 0 bridgehead atoms. The van der Waals surface area contributed by atoms with Crippen molar-refractivity contribution in [2.45, 2.75) is 25.3 Å². The topological polar surface area (TPSA) is 61.8 Å². The van der Waals surface area contributed by atoms with Crippen LogP contribution in [0.3, 0.4) is 0 Å². The third-order valence-corrected chi connectivity index (χ3v) is 4.60. The van der Waals surface area contributed by atoms with E-state index in [1.165, 1.54) is 6.21 Å². The second-order valence-electron chi connectivity index (χ2n) is 6.55. The molecule has 5 nitrogen and oxygen atoms in total. The number of carbonyl (C=O) groups is 2. The van der Waals surface area contributed by atoms with Gasteiger partial charge in [-0.2, -0.15) is 5.10 Å². The lowest BCUT2D eigenvalue weighted by molar-refractivity contribution is -0.130. The zero-order chi connectivity index (χ0) is 19.3. The van der Waals surface area contributed by atoms with Crippen LogP contribution in [-0.4, -0.2) is 28.7 Å². The van der Waals surface area contributed by atoms with E-state index in [1.807, 2.05) is 60.7 Å². The van der Waals surface area contributed by atoms with Gasteiger partial charge in [0.15, 0.2) is 0 Å². The predicted octanol–water partition coefficient (Wildman–Crippen LogP) is 4.20. The number of nitrogens with one attached hydrogen (secondary N) is 1. The van der Waals surface area contributed by atoms with Crippen LogP contribution in [0, 0.1) is 0 Å². The van der Waals surface area contributed by atoms with Gasteiger partial charge in [0.1, 0.15) is 5.54 Å². The van der Waals surface area contributed by atoms with Crippen molar-refractivity contribution in [3.05, 3.63) is 76.8 Å². The van der Waals surface area contributed by atoms with Crippen LogP contribution in [0.4, 0.5) is 4.79 Å². The number of imide groups is 1. The molecule has 1 atom stereocenters. The second kappa shape index (κ2) is 8.18. The number of hydrazone groups is 1. The maximum absolute atomic E-state index is 12.7. The smallest absolute Gasteiger partial charge is 0.322 e. The average molecular weight is 382 g/mol. The number of nitrogens with zero attached hydrogens (tertiary/aromatic N) is 2. The Hall–Kier alpha value is -2.92. The summed E-state index contributed by atoms with van der Waals surface area (Å²) in [7, 11) is 0. The molecule has 3 rings (SSSR count). The molecule has 0 aromatic heterocycles. The number of carbonyl (C=O) groups excluding carboxylic acids is 2. The zero-order valence-electron chi connectivity index (χ0n) is 14.9. The molecule has 1 aliphatic heterocycles. The number of rotatable bonds is 6. The van der Waals surface area contributed by atoms with E-state index >= 15 is 0 Å². The van der Waals surface area contributed by atoms with Crippen LogP contribution in [0.5, 0.6) is 0 Å². The maximum atomic E-state index is 12.7. The molecule has 3 amide bonds. The number of benzene rings is 2. The van der Waals surface area contributed by atoms with Crippen molar-refractivity contribution in [1.29, 1.82) is 0 Å². The van der Waals surface area contributed by atoms with Crippen LogP contribution in [0.2, 0.25) is 0 Å². The number of hydrogen-bond donors (Lipinski definition) is 1. The number of urea groups is 1. The molecule has 1 aliphatic rings. The van der Waals surface area contributed by atoms with Crippen LogP contribution >= 0.6 is 11.6 Å². The van der Waals surface area contributed by atoms with Gasteiger partial charge in [-0.15, -0.1) is 5.01 Å². The lowest BCUT2D eigenvalue weighted by Gasteiger charge is -2.20. The Morgan fingerprint density at radius 1 is 1.11 bits per heavy atom. The molecule has 1 N–H and O–H groups in total. The van der Waals surface area contributed by atoms with Crippen molar-refractivity contribution in [3.63, 3.8) is 0 Å². The molecule has 1 fully saturated rings. The van der Waals surface area contributed by atoms with Crippen LogP contribution in [0.1, 0.15) is 24.5 Å². The zero-order valence-corrected chi connectivity index (χ0v) is 15.7. The van der Waals surface area contributed by atoms with Gasteiger partial charge in [-0.1, -0.05) is 72.3 Å². The van der Waals surface area contributed by atoms with Gasteiger partial charge in [0.05, 0.1) is 11.2 Å². The molecule has 2 aromatic carbocycles. The van der Waals surface area contributed by atoms with Gasteiger partial charge < -0.3 is 5.32 Å². The number of amides is 3. The van der Waals surface area contributed by atoms with E-state index in [0.717, 1.165) is 16.1 Å². The van der Waals surface area contributed by atoms with E-state index in [4.69, 9.17) is 11.6 Å². The van der Waals surface area contributed by atoms with Crippen molar-refractivity contribution >= 4 is 35.8 Å². The van der Waals surface area contributed by atoms with Gasteiger partial charge in [0, 0.05) is 0 Å². The first-order chi connectivity index (χ1) is 13.0. The summed E-state index contributed by atoms with van der Waals surface area (Å²) in [5, 5.41) is 7.87. The minimum Gasteiger partial charge on any atom is -0.322 e. The van der Waals surface area contributed by atoms with Crippen molar-refractivity contribution < 1.29 is 9.59 Å². The third kappa shape index (κ3) is 4.63. The molecule has 138 valence electrons. The minimum atomic E-state index is -0.986. The Bertz CT molecular complexity index is 881. The van der Waals surface area contributed by atoms with Gasteiger partial charge >= 0.3 is 6.03 Å². The number of allylic oxidation sites excluding steroid dienone is 1. The Kier molecular flexibility index (Phi) is 5.72. The Balaban J connectivity index is 1.67. The molecular formula is C21H20ClN3O2. The fourth-order valence-electron chi connectivity index (χ4n) is 2.84. The van der Waals surface area contributed by atoms with Crippen molar-refractivity contribution in [2.24, 2.45) is 5.10 Å². The van der Waals surface area contributed by atoms with Gasteiger partial charge in [-0.25, -0.2) is 4.79 Å². The summed E-state index contributed by atoms with van der Waals surface area (Å²) in [4.78, 5) is 24.9. The summed E-state index contributed by atoms with van der Waals surface area (Å²) in [6.07, 6.45) is 4.17. The van der Waals surface area contributed by atoms with Gasteiger partial charge in [-0.05, 0) is 37.0 Å².